The summed E-state index contributed by atoms with van der Waals surface area (Å²) in [6.45, 7) is 2.27. The van der Waals surface area contributed by atoms with E-state index in [1.165, 1.54) is 0 Å². The number of piperazine rings is 1. The molecule has 0 unspecified atom stereocenters. The van der Waals surface area contributed by atoms with E-state index >= 15 is 0 Å². The first-order chi connectivity index (χ1) is 9.60. The van der Waals surface area contributed by atoms with Crippen LogP contribution in [0.1, 0.15) is 5.56 Å². The van der Waals surface area contributed by atoms with Crippen LogP contribution >= 0.6 is 0 Å². The van der Waals surface area contributed by atoms with E-state index in [9.17, 15) is 9.59 Å². The van der Waals surface area contributed by atoms with Crippen molar-refractivity contribution in [3.63, 3.8) is 0 Å². The van der Waals surface area contributed by atoms with Crippen molar-refractivity contribution in [2.45, 2.75) is 6.54 Å². The SMILES string of the molecule is CN1CCN(CC(=O)Nc2ccccc2CN)CC1=O. The number of nitrogens with one attached hydrogen (secondary N) is 1. The molecule has 1 aliphatic heterocycles. The minimum atomic E-state index is -0.122. The highest BCUT2D eigenvalue weighted by molar-refractivity contribution is 5.93. The monoisotopic (exact) mass is 276 g/mol. The van der Waals surface area contributed by atoms with Gasteiger partial charge in [0.15, 0.2) is 0 Å². The van der Waals surface area contributed by atoms with Crippen molar-refractivity contribution in [2.24, 2.45) is 5.73 Å². The number of rotatable bonds is 4. The first-order valence-corrected chi connectivity index (χ1v) is 6.64. The zero-order valence-electron chi connectivity index (χ0n) is 11.6. The predicted molar refractivity (Wildman–Crippen MR) is 77.0 cm³/mol. The van der Waals surface area contributed by atoms with Gasteiger partial charge in [-0.05, 0) is 11.6 Å². The lowest BCUT2D eigenvalue weighted by molar-refractivity contribution is -0.135. The van der Waals surface area contributed by atoms with Gasteiger partial charge in [0, 0.05) is 32.4 Å². The van der Waals surface area contributed by atoms with Crippen LogP contribution in [0.4, 0.5) is 5.69 Å². The van der Waals surface area contributed by atoms with E-state index in [0.717, 1.165) is 11.3 Å². The average molecular weight is 276 g/mol. The van der Waals surface area contributed by atoms with Crippen LogP contribution in [0.3, 0.4) is 0 Å². The first-order valence-electron chi connectivity index (χ1n) is 6.64. The van der Waals surface area contributed by atoms with Crippen LogP contribution in [0.25, 0.3) is 0 Å². The molecule has 1 saturated heterocycles. The second-order valence-corrected chi connectivity index (χ2v) is 4.94. The lowest BCUT2D eigenvalue weighted by Gasteiger charge is -2.31. The number of likely N-dealkylation sites (N-methyl/N-ethyl adjacent to an activating group) is 1. The molecule has 0 aliphatic carbocycles. The van der Waals surface area contributed by atoms with Gasteiger partial charge in [-0.15, -0.1) is 0 Å². The Morgan fingerprint density at radius 1 is 1.35 bits per heavy atom. The van der Waals surface area contributed by atoms with Crippen LogP contribution < -0.4 is 11.1 Å². The topological polar surface area (TPSA) is 78.7 Å². The Hall–Kier alpha value is -1.92. The number of hydrogen-bond donors (Lipinski definition) is 2. The summed E-state index contributed by atoms with van der Waals surface area (Å²) >= 11 is 0. The summed E-state index contributed by atoms with van der Waals surface area (Å²) in [6, 6.07) is 7.45. The fourth-order valence-electron chi connectivity index (χ4n) is 2.16. The standard InChI is InChI=1S/C14H20N4O2/c1-17-6-7-18(10-14(17)20)9-13(19)16-12-5-3-2-4-11(12)8-15/h2-5H,6-10,15H2,1H3,(H,16,19). The Morgan fingerprint density at radius 2 is 2.10 bits per heavy atom. The molecule has 6 nitrogen and oxygen atoms in total. The Bertz CT molecular complexity index is 504. The van der Waals surface area contributed by atoms with Crippen LogP contribution in [0.15, 0.2) is 24.3 Å². The Balaban J connectivity index is 1.91. The first kappa shape index (κ1) is 14.5. The lowest BCUT2D eigenvalue weighted by atomic mass is 10.2. The molecule has 0 saturated carbocycles. The van der Waals surface area contributed by atoms with E-state index < -0.39 is 0 Å². The number of amides is 2. The molecule has 2 amide bonds. The smallest absolute Gasteiger partial charge is 0.238 e. The molecule has 1 aromatic rings. The fraction of sp³-hybridized carbons (Fsp3) is 0.429. The minimum absolute atomic E-state index is 0.0476. The molecule has 3 N–H and O–H groups in total. The Labute approximate surface area is 118 Å². The highest BCUT2D eigenvalue weighted by atomic mass is 16.2. The van der Waals surface area contributed by atoms with Crippen LogP contribution in [0.2, 0.25) is 0 Å². The maximum absolute atomic E-state index is 12.0. The van der Waals surface area contributed by atoms with Gasteiger partial charge in [-0.3, -0.25) is 14.5 Å². The molecule has 0 bridgehead atoms. The normalized spacial score (nSPS) is 16.3. The van der Waals surface area contributed by atoms with Gasteiger partial charge in [0.25, 0.3) is 0 Å². The molecule has 0 aromatic heterocycles. The Morgan fingerprint density at radius 3 is 2.80 bits per heavy atom. The molecule has 0 spiro atoms. The number of nitrogens with zero attached hydrogens (tertiary/aromatic N) is 2. The summed E-state index contributed by atoms with van der Waals surface area (Å²) in [7, 11) is 1.78. The third-order valence-corrected chi connectivity index (χ3v) is 3.41. The number of hydrogen-bond acceptors (Lipinski definition) is 4. The summed E-state index contributed by atoms with van der Waals surface area (Å²) in [6.07, 6.45) is 0. The highest BCUT2D eigenvalue weighted by Crippen LogP contribution is 2.14. The van der Waals surface area contributed by atoms with Gasteiger partial charge in [0.1, 0.15) is 0 Å². The molecule has 1 fully saturated rings. The predicted octanol–water partition coefficient (Wildman–Crippen LogP) is -0.142. The molecule has 20 heavy (non-hydrogen) atoms. The molecule has 108 valence electrons. The molecule has 6 heteroatoms. The van der Waals surface area contributed by atoms with Crippen LogP contribution in [0, 0.1) is 0 Å². The number of carbonyl (C=O) groups is 2. The molecule has 1 aromatic carbocycles. The summed E-state index contributed by atoms with van der Waals surface area (Å²) in [4.78, 5) is 27.1. The number of para-hydroxylation sites is 1. The number of carbonyl (C=O) groups excluding carboxylic acids is 2. The quantitative estimate of drug-likeness (QED) is 0.802. The lowest BCUT2D eigenvalue weighted by Crippen LogP contribution is -2.50. The number of benzene rings is 1. The minimum Gasteiger partial charge on any atom is -0.343 e. The number of anilines is 1. The van der Waals surface area contributed by atoms with Crippen LogP contribution in [-0.2, 0) is 16.1 Å². The fourth-order valence-corrected chi connectivity index (χ4v) is 2.16. The van der Waals surface area contributed by atoms with Crippen molar-refractivity contribution in [3.8, 4) is 0 Å². The van der Waals surface area contributed by atoms with E-state index in [4.69, 9.17) is 5.73 Å². The summed E-state index contributed by atoms with van der Waals surface area (Å²) < 4.78 is 0. The molecule has 0 radical (unpaired) electrons. The van der Waals surface area contributed by atoms with E-state index in [-0.39, 0.29) is 18.4 Å². The van der Waals surface area contributed by atoms with Crippen molar-refractivity contribution in [1.82, 2.24) is 9.80 Å². The van der Waals surface area contributed by atoms with Crippen molar-refractivity contribution in [1.29, 1.82) is 0 Å². The van der Waals surface area contributed by atoms with Gasteiger partial charge in [-0.1, -0.05) is 18.2 Å². The van der Waals surface area contributed by atoms with Crippen LogP contribution in [-0.4, -0.2) is 54.8 Å². The highest BCUT2D eigenvalue weighted by Gasteiger charge is 2.22. The van der Waals surface area contributed by atoms with E-state index in [2.05, 4.69) is 5.32 Å². The Kier molecular flexibility index (Phi) is 4.70. The van der Waals surface area contributed by atoms with Crippen molar-refractivity contribution >= 4 is 17.5 Å². The molecule has 2 rings (SSSR count). The number of nitrogens with two attached hydrogens (primary N) is 1. The van der Waals surface area contributed by atoms with Crippen molar-refractivity contribution < 1.29 is 9.59 Å². The third kappa shape index (κ3) is 3.55. The van der Waals surface area contributed by atoms with Crippen LogP contribution in [0.5, 0.6) is 0 Å². The van der Waals surface area contributed by atoms with E-state index in [1.807, 2.05) is 29.2 Å². The maximum atomic E-state index is 12.0. The van der Waals surface area contributed by atoms with Crippen molar-refractivity contribution in [3.05, 3.63) is 29.8 Å². The molecular formula is C14H20N4O2. The second-order valence-electron chi connectivity index (χ2n) is 4.94. The summed E-state index contributed by atoms with van der Waals surface area (Å²) in [5.74, 6) is -0.0744. The maximum Gasteiger partial charge on any atom is 0.238 e. The van der Waals surface area contributed by atoms with Gasteiger partial charge in [-0.25, -0.2) is 0 Å². The average Bonchev–Trinajstić information content (AvgIpc) is 2.43. The summed E-state index contributed by atoms with van der Waals surface area (Å²) in [5.41, 5.74) is 7.27. The zero-order valence-corrected chi connectivity index (χ0v) is 11.6. The largest absolute Gasteiger partial charge is 0.343 e. The van der Waals surface area contributed by atoms with E-state index in [1.54, 1.807) is 11.9 Å². The summed E-state index contributed by atoms with van der Waals surface area (Å²) in [5, 5.41) is 2.85. The molecule has 1 heterocycles. The van der Waals surface area contributed by atoms with Gasteiger partial charge in [0.2, 0.25) is 11.8 Å². The van der Waals surface area contributed by atoms with Gasteiger partial charge < -0.3 is 16.0 Å². The second kappa shape index (κ2) is 6.49. The van der Waals surface area contributed by atoms with Gasteiger partial charge >= 0.3 is 0 Å². The molecular weight excluding hydrogens is 256 g/mol. The molecule has 0 atom stereocenters. The third-order valence-electron chi connectivity index (χ3n) is 3.41. The van der Waals surface area contributed by atoms with Crippen molar-refractivity contribution in [2.75, 3.05) is 38.5 Å². The molecule has 1 aliphatic rings. The zero-order chi connectivity index (χ0) is 14.5. The van der Waals surface area contributed by atoms with E-state index in [0.29, 0.717) is 26.2 Å². The van der Waals surface area contributed by atoms with Gasteiger partial charge in [0.05, 0.1) is 13.1 Å². The van der Waals surface area contributed by atoms with Gasteiger partial charge in [-0.2, -0.15) is 0 Å².